The average molecular weight is 456 g/mol. The standard InChI is InChI=1S/C23H19F3N4O3/c1-14-21(20-11-18(32-2)9-10-30(20)29-14)22(31)28-13-15-3-8-19(27-12-15)16-4-6-17(7-5-16)33-23(24,25)26/h3-12H,13H2,1-2H3,(H,28,31). The lowest BCUT2D eigenvalue weighted by molar-refractivity contribution is -0.274. The molecule has 33 heavy (non-hydrogen) atoms. The van der Waals surface area contributed by atoms with Crippen LogP contribution in [0.1, 0.15) is 21.6 Å². The summed E-state index contributed by atoms with van der Waals surface area (Å²) in [5.41, 5.74) is 3.66. The number of pyridine rings is 2. The highest BCUT2D eigenvalue weighted by Crippen LogP contribution is 2.26. The molecular weight excluding hydrogens is 437 g/mol. The van der Waals surface area contributed by atoms with Crippen molar-refractivity contribution in [3.05, 3.63) is 77.7 Å². The minimum atomic E-state index is -4.74. The number of nitrogens with zero attached hydrogens (tertiary/aromatic N) is 3. The number of benzene rings is 1. The van der Waals surface area contributed by atoms with E-state index in [0.29, 0.717) is 33.8 Å². The van der Waals surface area contributed by atoms with Gasteiger partial charge in [0.15, 0.2) is 0 Å². The van der Waals surface area contributed by atoms with E-state index in [0.717, 1.165) is 5.56 Å². The van der Waals surface area contributed by atoms with Crippen LogP contribution in [0.4, 0.5) is 13.2 Å². The van der Waals surface area contributed by atoms with Gasteiger partial charge in [0.25, 0.3) is 5.91 Å². The fourth-order valence-corrected chi connectivity index (χ4v) is 3.35. The number of aryl methyl sites for hydroxylation is 1. The Balaban J connectivity index is 1.43. The minimum absolute atomic E-state index is 0.241. The van der Waals surface area contributed by atoms with Crippen molar-refractivity contribution in [3.63, 3.8) is 0 Å². The Hall–Kier alpha value is -4.08. The second-order valence-electron chi connectivity index (χ2n) is 7.16. The predicted molar refractivity (Wildman–Crippen MR) is 114 cm³/mol. The van der Waals surface area contributed by atoms with Crippen LogP contribution in [-0.2, 0) is 6.54 Å². The Morgan fingerprint density at radius 2 is 1.85 bits per heavy atom. The number of rotatable bonds is 6. The van der Waals surface area contributed by atoms with E-state index in [1.165, 1.54) is 24.3 Å². The third kappa shape index (κ3) is 5.05. The van der Waals surface area contributed by atoms with Crippen LogP contribution in [0.15, 0.2) is 60.9 Å². The first kappa shape index (κ1) is 22.1. The van der Waals surface area contributed by atoms with E-state index in [1.54, 1.807) is 55.2 Å². The van der Waals surface area contributed by atoms with Gasteiger partial charge >= 0.3 is 6.36 Å². The molecule has 0 saturated heterocycles. The first-order valence-electron chi connectivity index (χ1n) is 9.86. The molecule has 3 heterocycles. The first-order valence-corrected chi connectivity index (χ1v) is 9.86. The van der Waals surface area contributed by atoms with Crippen molar-refractivity contribution in [3.8, 4) is 22.8 Å². The van der Waals surface area contributed by atoms with Gasteiger partial charge in [-0.1, -0.05) is 6.07 Å². The summed E-state index contributed by atoms with van der Waals surface area (Å²) in [6, 6.07) is 12.5. The molecule has 0 bridgehead atoms. The summed E-state index contributed by atoms with van der Waals surface area (Å²) >= 11 is 0. The number of methoxy groups -OCH3 is 1. The predicted octanol–water partition coefficient (Wildman–Crippen LogP) is 4.54. The van der Waals surface area contributed by atoms with E-state index in [4.69, 9.17) is 4.74 Å². The highest BCUT2D eigenvalue weighted by molar-refractivity contribution is 6.02. The molecule has 0 unspecified atom stereocenters. The highest BCUT2D eigenvalue weighted by atomic mass is 19.4. The molecular formula is C23H19F3N4O3. The third-order valence-corrected chi connectivity index (χ3v) is 4.91. The maximum absolute atomic E-state index is 12.8. The maximum Gasteiger partial charge on any atom is 0.573 e. The van der Waals surface area contributed by atoms with Gasteiger partial charge in [-0.25, -0.2) is 4.52 Å². The van der Waals surface area contributed by atoms with E-state index < -0.39 is 6.36 Å². The molecule has 0 aliphatic carbocycles. The summed E-state index contributed by atoms with van der Waals surface area (Å²) in [7, 11) is 1.55. The van der Waals surface area contributed by atoms with Crippen molar-refractivity contribution in [1.29, 1.82) is 0 Å². The van der Waals surface area contributed by atoms with Crippen molar-refractivity contribution in [2.75, 3.05) is 7.11 Å². The van der Waals surface area contributed by atoms with Gasteiger partial charge in [0, 0.05) is 30.6 Å². The number of aromatic nitrogens is 3. The maximum atomic E-state index is 12.8. The van der Waals surface area contributed by atoms with Crippen LogP contribution in [0.25, 0.3) is 16.8 Å². The Morgan fingerprint density at radius 1 is 1.09 bits per heavy atom. The van der Waals surface area contributed by atoms with Gasteiger partial charge in [0.05, 0.1) is 29.6 Å². The van der Waals surface area contributed by atoms with Crippen LogP contribution in [0.5, 0.6) is 11.5 Å². The van der Waals surface area contributed by atoms with Gasteiger partial charge < -0.3 is 14.8 Å². The number of nitrogens with one attached hydrogen (secondary N) is 1. The summed E-state index contributed by atoms with van der Waals surface area (Å²) in [5.74, 6) is 0.0421. The van der Waals surface area contributed by atoms with Crippen LogP contribution >= 0.6 is 0 Å². The van der Waals surface area contributed by atoms with Gasteiger partial charge in [-0.05, 0) is 48.9 Å². The van der Waals surface area contributed by atoms with E-state index in [1.807, 2.05) is 0 Å². The molecule has 0 aliphatic rings. The third-order valence-electron chi connectivity index (χ3n) is 4.91. The average Bonchev–Trinajstić information content (AvgIpc) is 3.12. The van der Waals surface area contributed by atoms with Gasteiger partial charge in [-0.3, -0.25) is 9.78 Å². The van der Waals surface area contributed by atoms with Crippen LogP contribution in [0, 0.1) is 6.92 Å². The van der Waals surface area contributed by atoms with Crippen molar-refractivity contribution in [2.45, 2.75) is 19.8 Å². The topological polar surface area (TPSA) is 77.8 Å². The molecule has 1 N–H and O–H groups in total. The number of fused-ring (bicyclic) bond motifs is 1. The zero-order chi connectivity index (χ0) is 23.6. The second-order valence-corrected chi connectivity index (χ2v) is 7.16. The molecule has 0 fully saturated rings. The number of carbonyl (C=O) groups excluding carboxylic acids is 1. The van der Waals surface area contributed by atoms with Gasteiger partial charge in [-0.15, -0.1) is 13.2 Å². The molecule has 0 saturated carbocycles. The normalized spacial score (nSPS) is 11.4. The minimum Gasteiger partial charge on any atom is -0.497 e. The molecule has 4 rings (SSSR count). The number of ether oxygens (including phenoxy) is 2. The van der Waals surface area contributed by atoms with E-state index in [-0.39, 0.29) is 18.2 Å². The summed E-state index contributed by atoms with van der Waals surface area (Å²) in [5, 5.41) is 7.22. The molecule has 3 aromatic heterocycles. The smallest absolute Gasteiger partial charge is 0.497 e. The number of hydrogen-bond acceptors (Lipinski definition) is 5. The Labute approximate surface area is 186 Å². The van der Waals surface area contributed by atoms with Crippen LogP contribution in [0.3, 0.4) is 0 Å². The molecule has 170 valence electrons. The van der Waals surface area contributed by atoms with Gasteiger partial charge in [-0.2, -0.15) is 5.10 Å². The Bertz CT molecular complexity index is 1280. The van der Waals surface area contributed by atoms with Gasteiger partial charge in [0.1, 0.15) is 11.5 Å². The van der Waals surface area contributed by atoms with E-state index >= 15 is 0 Å². The lowest BCUT2D eigenvalue weighted by Crippen LogP contribution is -2.23. The summed E-state index contributed by atoms with van der Waals surface area (Å²) in [4.78, 5) is 17.2. The van der Waals surface area contributed by atoms with Crippen molar-refractivity contribution < 1.29 is 27.4 Å². The quantitative estimate of drug-likeness (QED) is 0.461. The largest absolute Gasteiger partial charge is 0.573 e. The SMILES string of the molecule is COc1ccn2nc(C)c(C(=O)NCc3ccc(-c4ccc(OC(F)(F)F)cc4)nc3)c2c1. The highest BCUT2D eigenvalue weighted by Gasteiger charge is 2.31. The van der Waals surface area contributed by atoms with Crippen molar-refractivity contribution >= 4 is 11.4 Å². The molecule has 0 aliphatic heterocycles. The summed E-state index contributed by atoms with van der Waals surface area (Å²) in [6.07, 6.45) is -1.41. The Kier molecular flexibility index (Phi) is 5.91. The molecule has 0 radical (unpaired) electrons. The molecule has 1 aromatic carbocycles. The van der Waals surface area contributed by atoms with Crippen molar-refractivity contribution in [1.82, 2.24) is 19.9 Å². The number of alkyl halides is 3. The zero-order valence-electron chi connectivity index (χ0n) is 17.7. The number of halogens is 3. The summed E-state index contributed by atoms with van der Waals surface area (Å²) < 4.78 is 47.6. The molecule has 7 nitrogen and oxygen atoms in total. The summed E-state index contributed by atoms with van der Waals surface area (Å²) in [6.45, 7) is 2.00. The second kappa shape index (κ2) is 8.81. The van der Waals surface area contributed by atoms with Gasteiger partial charge in [0.2, 0.25) is 0 Å². The van der Waals surface area contributed by atoms with E-state index in [9.17, 15) is 18.0 Å². The molecule has 1 amide bonds. The number of hydrogen-bond donors (Lipinski definition) is 1. The molecule has 0 atom stereocenters. The molecule has 0 spiro atoms. The first-order chi connectivity index (χ1) is 15.7. The Morgan fingerprint density at radius 3 is 2.48 bits per heavy atom. The van der Waals surface area contributed by atoms with Crippen LogP contribution in [0.2, 0.25) is 0 Å². The number of carbonyl (C=O) groups is 1. The van der Waals surface area contributed by atoms with Crippen LogP contribution < -0.4 is 14.8 Å². The fourth-order valence-electron chi connectivity index (χ4n) is 3.35. The fraction of sp³-hybridized carbons (Fsp3) is 0.174. The lowest BCUT2D eigenvalue weighted by atomic mass is 10.1. The van der Waals surface area contributed by atoms with Crippen LogP contribution in [-0.4, -0.2) is 34.0 Å². The monoisotopic (exact) mass is 456 g/mol. The molecule has 10 heteroatoms. The van der Waals surface area contributed by atoms with E-state index in [2.05, 4.69) is 20.1 Å². The van der Waals surface area contributed by atoms with Crippen molar-refractivity contribution in [2.24, 2.45) is 0 Å². The molecule has 4 aromatic rings. The lowest BCUT2D eigenvalue weighted by Gasteiger charge is -2.09. The zero-order valence-corrected chi connectivity index (χ0v) is 17.7. The number of amides is 1.